The highest BCUT2D eigenvalue weighted by atomic mass is 16.5. The number of benzene rings is 1. The van der Waals surface area contributed by atoms with Gasteiger partial charge in [-0.3, -0.25) is 4.79 Å². The molecule has 1 aliphatic rings. The number of pyridine rings is 1. The zero-order valence-electron chi connectivity index (χ0n) is 16.3. The van der Waals surface area contributed by atoms with Crippen LogP contribution in [0.4, 0.5) is 0 Å². The van der Waals surface area contributed by atoms with Crippen molar-refractivity contribution in [2.75, 3.05) is 13.7 Å². The van der Waals surface area contributed by atoms with Crippen molar-refractivity contribution in [3.05, 3.63) is 83.2 Å². The van der Waals surface area contributed by atoms with Gasteiger partial charge < -0.3 is 14.6 Å². The number of imidazole rings is 1. The lowest BCUT2D eigenvalue weighted by Gasteiger charge is -2.32. The highest BCUT2D eigenvalue weighted by Gasteiger charge is 2.33. The van der Waals surface area contributed by atoms with Gasteiger partial charge in [-0.1, -0.05) is 18.2 Å². The van der Waals surface area contributed by atoms with Crippen LogP contribution in [0, 0.1) is 6.92 Å². The molecule has 1 aromatic carbocycles. The number of rotatable bonds is 3. The second-order valence-electron chi connectivity index (χ2n) is 7.32. The van der Waals surface area contributed by atoms with E-state index < -0.39 is 0 Å². The standard InChI is InChI=1S/C22H21N5O2/c1-14-5-4-8-27-21(14)17(10-25-27)22(28)26-11-18(20-19(12-26)23-13-24-20)15-6-3-7-16(9-15)29-2/h3-10,13,18H,11-12H2,1-2H3,(H,23,24). The van der Waals surface area contributed by atoms with Crippen LogP contribution in [0.15, 0.2) is 55.1 Å². The Hall–Kier alpha value is -3.61. The number of aryl methyl sites for hydroxylation is 1. The third kappa shape index (κ3) is 2.86. The number of carbonyl (C=O) groups excluding carboxylic acids is 1. The maximum Gasteiger partial charge on any atom is 0.258 e. The molecule has 1 amide bonds. The molecule has 0 radical (unpaired) electrons. The van der Waals surface area contributed by atoms with Gasteiger partial charge >= 0.3 is 0 Å². The van der Waals surface area contributed by atoms with Gasteiger partial charge in [-0.2, -0.15) is 5.10 Å². The zero-order valence-corrected chi connectivity index (χ0v) is 16.3. The second-order valence-corrected chi connectivity index (χ2v) is 7.32. The molecule has 0 fully saturated rings. The number of carbonyl (C=O) groups is 1. The van der Waals surface area contributed by atoms with E-state index in [0.717, 1.165) is 33.8 Å². The average Bonchev–Trinajstić information content (AvgIpc) is 3.40. The van der Waals surface area contributed by atoms with E-state index in [1.165, 1.54) is 0 Å². The molecule has 146 valence electrons. The molecule has 0 aliphatic carbocycles. The molecule has 7 nitrogen and oxygen atoms in total. The summed E-state index contributed by atoms with van der Waals surface area (Å²) in [6.07, 6.45) is 5.22. The molecule has 1 aliphatic heterocycles. The highest BCUT2D eigenvalue weighted by molar-refractivity contribution is 6.01. The Morgan fingerprint density at radius 1 is 1.28 bits per heavy atom. The molecule has 5 rings (SSSR count). The molecule has 0 bridgehead atoms. The van der Waals surface area contributed by atoms with E-state index in [-0.39, 0.29) is 11.8 Å². The van der Waals surface area contributed by atoms with Gasteiger partial charge in [0.25, 0.3) is 5.91 Å². The summed E-state index contributed by atoms with van der Waals surface area (Å²) in [5.41, 5.74) is 5.52. The molecule has 0 saturated heterocycles. The van der Waals surface area contributed by atoms with Crippen molar-refractivity contribution >= 4 is 11.4 Å². The van der Waals surface area contributed by atoms with Crippen molar-refractivity contribution in [1.82, 2.24) is 24.5 Å². The smallest absolute Gasteiger partial charge is 0.258 e. The van der Waals surface area contributed by atoms with Gasteiger partial charge in [-0.05, 0) is 36.2 Å². The SMILES string of the molecule is COc1cccc(C2CN(C(=O)c3cnn4cccc(C)c34)Cc3[nH]cnc32)c1. The van der Waals surface area contributed by atoms with Gasteiger partial charge in [0, 0.05) is 18.7 Å². The number of aromatic amines is 1. The zero-order chi connectivity index (χ0) is 20.0. The van der Waals surface area contributed by atoms with Crippen LogP contribution in [0.25, 0.3) is 5.52 Å². The number of hydrogen-bond donors (Lipinski definition) is 1. The summed E-state index contributed by atoms with van der Waals surface area (Å²) in [6, 6.07) is 11.9. The number of nitrogens with zero attached hydrogens (tertiary/aromatic N) is 4. The normalized spacial score (nSPS) is 16.1. The van der Waals surface area contributed by atoms with Crippen LogP contribution in [0.3, 0.4) is 0 Å². The number of nitrogens with one attached hydrogen (secondary N) is 1. The minimum Gasteiger partial charge on any atom is -0.497 e. The summed E-state index contributed by atoms with van der Waals surface area (Å²) in [4.78, 5) is 23.1. The lowest BCUT2D eigenvalue weighted by Crippen LogP contribution is -2.38. The number of methoxy groups -OCH3 is 1. The lowest BCUT2D eigenvalue weighted by molar-refractivity contribution is 0.0723. The Morgan fingerprint density at radius 3 is 3.03 bits per heavy atom. The van der Waals surface area contributed by atoms with E-state index in [4.69, 9.17) is 4.74 Å². The molecule has 0 saturated carbocycles. The molecular formula is C22H21N5O2. The number of H-pyrrole nitrogens is 1. The Bertz CT molecular complexity index is 1210. The third-order valence-electron chi connectivity index (χ3n) is 5.59. The van der Waals surface area contributed by atoms with E-state index >= 15 is 0 Å². The summed E-state index contributed by atoms with van der Waals surface area (Å²) >= 11 is 0. The Kier molecular flexibility index (Phi) is 4.08. The van der Waals surface area contributed by atoms with Crippen molar-refractivity contribution in [3.8, 4) is 5.75 Å². The third-order valence-corrected chi connectivity index (χ3v) is 5.59. The van der Waals surface area contributed by atoms with Crippen LogP contribution in [0.5, 0.6) is 5.75 Å². The minimum absolute atomic E-state index is 0.0213. The number of hydrogen-bond acceptors (Lipinski definition) is 4. The molecule has 1 unspecified atom stereocenters. The number of aromatic nitrogens is 4. The van der Waals surface area contributed by atoms with Gasteiger partial charge in [-0.15, -0.1) is 0 Å². The predicted molar refractivity (Wildman–Crippen MR) is 108 cm³/mol. The van der Waals surface area contributed by atoms with E-state index in [0.29, 0.717) is 18.7 Å². The monoisotopic (exact) mass is 387 g/mol. The number of fused-ring (bicyclic) bond motifs is 2. The van der Waals surface area contributed by atoms with Crippen LogP contribution in [-0.2, 0) is 6.54 Å². The average molecular weight is 387 g/mol. The Morgan fingerprint density at radius 2 is 2.17 bits per heavy atom. The quantitative estimate of drug-likeness (QED) is 0.586. The van der Waals surface area contributed by atoms with Gasteiger partial charge in [-0.25, -0.2) is 9.50 Å². The predicted octanol–water partition coefficient (Wildman–Crippen LogP) is 3.16. The molecule has 4 aromatic rings. The lowest BCUT2D eigenvalue weighted by atomic mass is 9.90. The minimum atomic E-state index is -0.0255. The summed E-state index contributed by atoms with van der Waals surface area (Å²) in [7, 11) is 1.66. The molecular weight excluding hydrogens is 366 g/mol. The van der Waals surface area contributed by atoms with E-state index in [2.05, 4.69) is 21.1 Å². The summed E-state index contributed by atoms with van der Waals surface area (Å²) in [6.45, 7) is 3.04. The summed E-state index contributed by atoms with van der Waals surface area (Å²) < 4.78 is 7.15. The largest absolute Gasteiger partial charge is 0.497 e. The molecule has 0 spiro atoms. The van der Waals surface area contributed by atoms with Crippen molar-refractivity contribution < 1.29 is 9.53 Å². The van der Waals surface area contributed by atoms with Gasteiger partial charge in [0.2, 0.25) is 0 Å². The second kappa shape index (κ2) is 6.77. The van der Waals surface area contributed by atoms with Crippen molar-refractivity contribution in [3.63, 3.8) is 0 Å². The fraction of sp³-hybridized carbons (Fsp3) is 0.227. The highest BCUT2D eigenvalue weighted by Crippen LogP contribution is 2.34. The first kappa shape index (κ1) is 17.5. The van der Waals surface area contributed by atoms with Crippen molar-refractivity contribution in [2.45, 2.75) is 19.4 Å². The van der Waals surface area contributed by atoms with E-state index in [9.17, 15) is 4.79 Å². The molecule has 7 heteroatoms. The topological polar surface area (TPSA) is 75.5 Å². The number of ether oxygens (including phenoxy) is 1. The van der Waals surface area contributed by atoms with Crippen molar-refractivity contribution in [1.29, 1.82) is 0 Å². The Labute approximate surface area is 167 Å². The van der Waals surface area contributed by atoms with E-state index in [1.807, 2.05) is 48.4 Å². The molecule has 4 heterocycles. The van der Waals surface area contributed by atoms with Crippen LogP contribution in [0.2, 0.25) is 0 Å². The van der Waals surface area contributed by atoms with Crippen LogP contribution in [-0.4, -0.2) is 44.0 Å². The Balaban J connectivity index is 1.54. The number of amides is 1. The fourth-order valence-corrected chi connectivity index (χ4v) is 4.14. The summed E-state index contributed by atoms with van der Waals surface area (Å²) in [5.74, 6) is 0.746. The van der Waals surface area contributed by atoms with Gasteiger partial charge in [0.1, 0.15) is 5.75 Å². The maximum atomic E-state index is 13.5. The maximum absolute atomic E-state index is 13.5. The molecule has 1 N–H and O–H groups in total. The first-order chi connectivity index (χ1) is 14.2. The molecule has 3 aromatic heterocycles. The summed E-state index contributed by atoms with van der Waals surface area (Å²) in [5, 5.41) is 4.36. The van der Waals surface area contributed by atoms with E-state index in [1.54, 1.807) is 24.1 Å². The van der Waals surface area contributed by atoms with Crippen molar-refractivity contribution in [2.24, 2.45) is 0 Å². The van der Waals surface area contributed by atoms with Gasteiger partial charge in [0.05, 0.1) is 48.6 Å². The molecule has 29 heavy (non-hydrogen) atoms. The van der Waals surface area contributed by atoms with Crippen LogP contribution < -0.4 is 4.74 Å². The molecule has 1 atom stereocenters. The van der Waals surface area contributed by atoms with Crippen LogP contribution in [0.1, 0.15) is 38.8 Å². The first-order valence-electron chi connectivity index (χ1n) is 9.54. The van der Waals surface area contributed by atoms with Crippen LogP contribution >= 0.6 is 0 Å². The van der Waals surface area contributed by atoms with Gasteiger partial charge in [0.15, 0.2) is 0 Å². The first-order valence-corrected chi connectivity index (χ1v) is 9.54. The fourth-order valence-electron chi connectivity index (χ4n) is 4.14.